The number of amides is 2. The van der Waals surface area contributed by atoms with Crippen molar-refractivity contribution in [3.8, 4) is 5.75 Å². The van der Waals surface area contributed by atoms with E-state index in [1.165, 1.54) is 7.11 Å². The molecule has 0 aliphatic carbocycles. The first kappa shape index (κ1) is 21.9. The van der Waals surface area contributed by atoms with Crippen molar-refractivity contribution in [3.05, 3.63) is 93.1 Å². The zero-order valence-electron chi connectivity index (χ0n) is 17.7. The maximum Gasteiger partial charge on any atom is 0.282 e. The number of halogens is 2. The lowest BCUT2D eigenvalue weighted by Crippen LogP contribution is -2.32. The van der Waals surface area contributed by atoms with E-state index in [-0.39, 0.29) is 5.70 Å². The van der Waals surface area contributed by atoms with Crippen LogP contribution in [0.25, 0.3) is 5.57 Å². The lowest BCUT2D eigenvalue weighted by atomic mass is 9.97. The minimum absolute atomic E-state index is 0.170. The summed E-state index contributed by atoms with van der Waals surface area (Å²) in [6.45, 7) is 3.89. The van der Waals surface area contributed by atoms with E-state index < -0.39 is 11.8 Å². The molecule has 1 heterocycles. The van der Waals surface area contributed by atoms with Crippen LogP contribution < -0.4 is 15.0 Å². The van der Waals surface area contributed by atoms with Crippen LogP contribution in [0.15, 0.2) is 66.4 Å². The van der Waals surface area contributed by atoms with Crippen molar-refractivity contribution in [2.24, 2.45) is 0 Å². The van der Waals surface area contributed by atoms with Crippen LogP contribution in [0.2, 0.25) is 10.0 Å². The molecule has 0 saturated heterocycles. The average molecular weight is 467 g/mol. The van der Waals surface area contributed by atoms with E-state index in [1.807, 2.05) is 32.0 Å². The first-order valence-corrected chi connectivity index (χ1v) is 10.6. The summed E-state index contributed by atoms with van der Waals surface area (Å²) in [4.78, 5) is 28.2. The summed E-state index contributed by atoms with van der Waals surface area (Å²) in [5.74, 6) is -0.388. The molecule has 0 aromatic heterocycles. The van der Waals surface area contributed by atoms with Crippen molar-refractivity contribution >= 4 is 52.0 Å². The number of carbonyl (C=O) groups excluding carboxylic acids is 2. The fourth-order valence-electron chi connectivity index (χ4n) is 3.73. The molecule has 4 rings (SSSR count). The summed E-state index contributed by atoms with van der Waals surface area (Å²) < 4.78 is 5.20. The van der Waals surface area contributed by atoms with Crippen LogP contribution in [0.3, 0.4) is 0 Å². The Bertz CT molecular complexity index is 1280. The van der Waals surface area contributed by atoms with Gasteiger partial charge in [-0.25, -0.2) is 4.90 Å². The second-order valence-corrected chi connectivity index (χ2v) is 8.31. The Hall–Kier alpha value is -3.28. The first-order valence-electron chi connectivity index (χ1n) is 9.87. The molecular weight excluding hydrogens is 447 g/mol. The molecule has 0 unspecified atom stereocenters. The van der Waals surface area contributed by atoms with Crippen LogP contribution in [0.4, 0.5) is 11.4 Å². The monoisotopic (exact) mass is 466 g/mol. The number of nitrogens with zero attached hydrogens (tertiary/aromatic N) is 1. The van der Waals surface area contributed by atoms with Crippen LogP contribution in [0.5, 0.6) is 5.75 Å². The standard InChI is InChI=1S/C25H20Cl2N2O3/c1-14-7-9-19(15(2)11-14)22-23(28-17-8-10-21(32-3)20(27)13-17)25(31)29(24(22)30)18-6-4-5-16(26)12-18/h4-13,28H,1-3H3. The third-order valence-corrected chi connectivity index (χ3v) is 5.75. The summed E-state index contributed by atoms with van der Waals surface area (Å²) in [6.07, 6.45) is 0. The van der Waals surface area contributed by atoms with Gasteiger partial charge in [0.25, 0.3) is 11.8 Å². The van der Waals surface area contributed by atoms with Crippen LogP contribution in [-0.2, 0) is 9.59 Å². The number of rotatable bonds is 5. The van der Waals surface area contributed by atoms with E-state index in [4.69, 9.17) is 27.9 Å². The zero-order valence-corrected chi connectivity index (χ0v) is 19.2. The van der Waals surface area contributed by atoms with Gasteiger partial charge in [0.1, 0.15) is 11.4 Å². The molecule has 7 heteroatoms. The van der Waals surface area contributed by atoms with Gasteiger partial charge in [-0.2, -0.15) is 0 Å². The number of hydrogen-bond donors (Lipinski definition) is 1. The normalized spacial score (nSPS) is 13.7. The van der Waals surface area contributed by atoms with Gasteiger partial charge in [0.05, 0.1) is 23.4 Å². The highest BCUT2D eigenvalue weighted by Gasteiger charge is 2.40. The Kier molecular flexibility index (Phi) is 5.96. The molecule has 0 saturated carbocycles. The quantitative estimate of drug-likeness (QED) is 0.467. The number of ether oxygens (including phenoxy) is 1. The molecule has 3 aromatic carbocycles. The molecule has 32 heavy (non-hydrogen) atoms. The van der Waals surface area contributed by atoms with Crippen molar-refractivity contribution in [1.82, 2.24) is 0 Å². The van der Waals surface area contributed by atoms with E-state index in [9.17, 15) is 9.59 Å². The molecule has 0 bridgehead atoms. The molecule has 0 atom stereocenters. The summed E-state index contributed by atoms with van der Waals surface area (Å²) in [5, 5.41) is 3.93. The van der Waals surface area contributed by atoms with Gasteiger partial charge in [0.2, 0.25) is 0 Å². The number of aryl methyl sites for hydroxylation is 2. The Morgan fingerprint density at radius 2 is 1.69 bits per heavy atom. The molecule has 0 spiro atoms. The van der Waals surface area contributed by atoms with Crippen molar-refractivity contribution in [1.29, 1.82) is 0 Å². The molecule has 0 fully saturated rings. The van der Waals surface area contributed by atoms with E-state index in [0.29, 0.717) is 38.3 Å². The number of carbonyl (C=O) groups is 2. The zero-order chi connectivity index (χ0) is 23.0. The van der Waals surface area contributed by atoms with Crippen molar-refractivity contribution in [2.75, 3.05) is 17.3 Å². The average Bonchev–Trinajstić information content (AvgIpc) is 2.98. The Labute approximate surface area is 196 Å². The molecule has 2 amide bonds. The van der Waals surface area contributed by atoms with Crippen molar-refractivity contribution < 1.29 is 14.3 Å². The number of hydrogen-bond acceptors (Lipinski definition) is 4. The van der Waals surface area contributed by atoms with Gasteiger partial charge >= 0.3 is 0 Å². The molecule has 3 aromatic rings. The Morgan fingerprint density at radius 1 is 0.906 bits per heavy atom. The number of methoxy groups -OCH3 is 1. The highest BCUT2D eigenvalue weighted by molar-refractivity contribution is 6.46. The van der Waals surface area contributed by atoms with Gasteiger partial charge in [-0.15, -0.1) is 0 Å². The lowest BCUT2D eigenvalue weighted by molar-refractivity contribution is -0.120. The third kappa shape index (κ3) is 3.97. The van der Waals surface area contributed by atoms with Crippen LogP contribution in [-0.4, -0.2) is 18.9 Å². The van der Waals surface area contributed by atoms with Gasteiger partial charge in [-0.1, -0.05) is 53.0 Å². The fourth-order valence-corrected chi connectivity index (χ4v) is 4.17. The topological polar surface area (TPSA) is 58.6 Å². The highest BCUT2D eigenvalue weighted by Crippen LogP contribution is 2.37. The minimum Gasteiger partial charge on any atom is -0.495 e. The summed E-state index contributed by atoms with van der Waals surface area (Å²) in [6, 6.07) is 17.5. The number of anilines is 2. The molecule has 0 radical (unpaired) electrons. The molecule has 5 nitrogen and oxygen atoms in total. The minimum atomic E-state index is -0.473. The second kappa shape index (κ2) is 8.69. The van der Waals surface area contributed by atoms with Gasteiger partial charge in [-0.3, -0.25) is 9.59 Å². The molecule has 162 valence electrons. The van der Waals surface area contributed by atoms with E-state index in [2.05, 4.69) is 5.32 Å². The Morgan fingerprint density at radius 3 is 2.34 bits per heavy atom. The highest BCUT2D eigenvalue weighted by atomic mass is 35.5. The summed E-state index contributed by atoms with van der Waals surface area (Å²) >= 11 is 12.4. The van der Waals surface area contributed by atoms with E-state index in [1.54, 1.807) is 42.5 Å². The van der Waals surface area contributed by atoms with Crippen LogP contribution in [0, 0.1) is 13.8 Å². The molecule has 1 aliphatic rings. The number of nitrogens with one attached hydrogen (secondary N) is 1. The van der Waals surface area contributed by atoms with Crippen LogP contribution in [0.1, 0.15) is 16.7 Å². The van der Waals surface area contributed by atoms with E-state index >= 15 is 0 Å². The summed E-state index contributed by atoms with van der Waals surface area (Å²) in [7, 11) is 1.52. The molecular formula is C25H20Cl2N2O3. The van der Waals surface area contributed by atoms with E-state index in [0.717, 1.165) is 16.0 Å². The SMILES string of the molecule is COc1ccc(NC2=C(c3ccc(C)cc3C)C(=O)N(c3cccc(Cl)c3)C2=O)cc1Cl. The van der Waals surface area contributed by atoms with Gasteiger partial charge in [0.15, 0.2) is 0 Å². The van der Waals surface area contributed by atoms with Gasteiger partial charge in [-0.05, 0) is 61.4 Å². The van der Waals surface area contributed by atoms with Crippen LogP contribution >= 0.6 is 23.2 Å². The smallest absolute Gasteiger partial charge is 0.282 e. The largest absolute Gasteiger partial charge is 0.495 e. The van der Waals surface area contributed by atoms with Crippen molar-refractivity contribution in [2.45, 2.75) is 13.8 Å². The number of benzene rings is 3. The maximum absolute atomic E-state index is 13.6. The second-order valence-electron chi connectivity index (χ2n) is 7.47. The fraction of sp³-hybridized carbons (Fsp3) is 0.120. The Balaban J connectivity index is 1.85. The van der Waals surface area contributed by atoms with Gasteiger partial charge in [0, 0.05) is 10.7 Å². The first-order chi connectivity index (χ1) is 15.3. The van der Waals surface area contributed by atoms with Crippen molar-refractivity contribution in [3.63, 3.8) is 0 Å². The molecule has 1 aliphatic heterocycles. The maximum atomic E-state index is 13.6. The van der Waals surface area contributed by atoms with Gasteiger partial charge < -0.3 is 10.1 Å². The number of imide groups is 1. The third-order valence-electron chi connectivity index (χ3n) is 5.22. The molecule has 1 N–H and O–H groups in total. The lowest BCUT2D eigenvalue weighted by Gasteiger charge is -2.16. The predicted molar refractivity (Wildman–Crippen MR) is 128 cm³/mol. The summed E-state index contributed by atoms with van der Waals surface area (Å²) in [5.41, 5.74) is 4.05. The predicted octanol–water partition coefficient (Wildman–Crippen LogP) is 6.02.